The quantitative estimate of drug-likeness (QED) is 0.792. The summed E-state index contributed by atoms with van der Waals surface area (Å²) in [7, 11) is 0. The van der Waals surface area contributed by atoms with Gasteiger partial charge in [0.1, 0.15) is 0 Å². The average Bonchev–Trinajstić information content (AvgIpc) is 2.36. The summed E-state index contributed by atoms with van der Waals surface area (Å²) in [5.74, 6) is 0.970. The second-order valence-corrected chi connectivity index (χ2v) is 5.56. The minimum Gasteiger partial charge on any atom is -0.343 e. The van der Waals surface area contributed by atoms with Gasteiger partial charge in [-0.25, -0.2) is 0 Å². The lowest BCUT2D eigenvalue weighted by Gasteiger charge is -2.38. The van der Waals surface area contributed by atoms with Crippen LogP contribution in [0.1, 0.15) is 33.1 Å². The molecule has 2 fully saturated rings. The Bertz CT molecular complexity index is 266. The molecule has 0 saturated carbocycles. The van der Waals surface area contributed by atoms with E-state index in [9.17, 15) is 4.79 Å². The van der Waals surface area contributed by atoms with Crippen LogP contribution < -0.4 is 5.32 Å². The highest BCUT2D eigenvalue weighted by molar-refractivity contribution is 5.76. The van der Waals surface area contributed by atoms with E-state index in [1.165, 1.54) is 0 Å². The van der Waals surface area contributed by atoms with Gasteiger partial charge < -0.3 is 15.1 Å². The molecule has 1 amide bonds. The van der Waals surface area contributed by atoms with Crippen molar-refractivity contribution in [1.82, 2.24) is 15.1 Å². The highest BCUT2D eigenvalue weighted by Gasteiger charge is 2.28. The molecule has 0 spiro atoms. The van der Waals surface area contributed by atoms with Crippen molar-refractivity contribution in [3.8, 4) is 0 Å². The van der Waals surface area contributed by atoms with Gasteiger partial charge in [0.2, 0.25) is 5.91 Å². The maximum atomic E-state index is 12.1. The summed E-state index contributed by atoms with van der Waals surface area (Å²) >= 11 is 0. The van der Waals surface area contributed by atoms with Crippen LogP contribution in [0.4, 0.5) is 0 Å². The SMILES string of the molecule is CCN(CC)C1CCN(C(=O)CC2CNC2)CC1. The van der Waals surface area contributed by atoms with Crippen LogP contribution in [-0.2, 0) is 4.79 Å². The molecule has 0 aromatic rings. The zero-order chi connectivity index (χ0) is 13.0. The topological polar surface area (TPSA) is 35.6 Å². The van der Waals surface area contributed by atoms with E-state index in [2.05, 4.69) is 29.0 Å². The number of likely N-dealkylation sites (tertiary alicyclic amines) is 1. The Hall–Kier alpha value is -0.610. The number of hydrogen-bond donors (Lipinski definition) is 1. The molecule has 0 aromatic heterocycles. The van der Waals surface area contributed by atoms with Crippen molar-refractivity contribution in [3.05, 3.63) is 0 Å². The molecule has 18 heavy (non-hydrogen) atoms. The molecule has 2 aliphatic heterocycles. The van der Waals surface area contributed by atoms with Crippen molar-refractivity contribution in [2.24, 2.45) is 5.92 Å². The first-order chi connectivity index (χ1) is 8.74. The van der Waals surface area contributed by atoms with E-state index >= 15 is 0 Å². The van der Waals surface area contributed by atoms with Crippen LogP contribution in [0.3, 0.4) is 0 Å². The van der Waals surface area contributed by atoms with Crippen LogP contribution in [0.25, 0.3) is 0 Å². The second-order valence-electron chi connectivity index (χ2n) is 5.56. The first-order valence-electron chi connectivity index (χ1n) is 7.47. The van der Waals surface area contributed by atoms with Gasteiger partial charge in [-0.2, -0.15) is 0 Å². The predicted molar refractivity (Wildman–Crippen MR) is 73.5 cm³/mol. The molecule has 0 radical (unpaired) electrons. The lowest BCUT2D eigenvalue weighted by atomic mass is 9.97. The Morgan fingerprint density at radius 1 is 1.22 bits per heavy atom. The molecule has 2 saturated heterocycles. The van der Waals surface area contributed by atoms with Crippen LogP contribution in [-0.4, -0.2) is 61.0 Å². The average molecular weight is 253 g/mol. The van der Waals surface area contributed by atoms with Crippen molar-refractivity contribution < 1.29 is 4.79 Å². The number of hydrogen-bond acceptors (Lipinski definition) is 3. The maximum absolute atomic E-state index is 12.1. The number of carbonyl (C=O) groups excluding carboxylic acids is 1. The van der Waals surface area contributed by atoms with Crippen molar-refractivity contribution in [1.29, 1.82) is 0 Å². The third-order valence-corrected chi connectivity index (χ3v) is 4.48. The molecule has 2 rings (SSSR count). The summed E-state index contributed by atoms with van der Waals surface area (Å²) in [6, 6.07) is 0.689. The van der Waals surface area contributed by atoms with E-state index in [4.69, 9.17) is 0 Å². The summed E-state index contributed by atoms with van der Waals surface area (Å²) in [5, 5.41) is 3.23. The van der Waals surface area contributed by atoms with Gasteiger partial charge in [0.05, 0.1) is 0 Å². The van der Waals surface area contributed by atoms with Crippen LogP contribution in [0.15, 0.2) is 0 Å². The van der Waals surface area contributed by atoms with Crippen LogP contribution in [0.2, 0.25) is 0 Å². The van der Waals surface area contributed by atoms with Gasteiger partial charge in [-0.1, -0.05) is 13.8 Å². The Balaban J connectivity index is 1.73. The Morgan fingerprint density at radius 3 is 2.28 bits per heavy atom. The Labute approximate surface area is 111 Å². The van der Waals surface area contributed by atoms with Gasteiger partial charge in [-0.05, 0) is 44.9 Å². The summed E-state index contributed by atoms with van der Waals surface area (Å²) in [5.41, 5.74) is 0. The van der Waals surface area contributed by atoms with Gasteiger partial charge in [-0.15, -0.1) is 0 Å². The van der Waals surface area contributed by atoms with Gasteiger partial charge in [0, 0.05) is 25.6 Å². The van der Waals surface area contributed by atoms with Gasteiger partial charge in [0.15, 0.2) is 0 Å². The zero-order valence-corrected chi connectivity index (χ0v) is 11.8. The molecule has 0 atom stereocenters. The molecule has 1 N–H and O–H groups in total. The minimum absolute atomic E-state index is 0.375. The van der Waals surface area contributed by atoms with Crippen molar-refractivity contribution >= 4 is 5.91 Å². The fourth-order valence-corrected chi connectivity index (χ4v) is 3.09. The van der Waals surface area contributed by atoms with Crippen molar-refractivity contribution in [2.75, 3.05) is 39.3 Å². The first-order valence-corrected chi connectivity index (χ1v) is 7.47. The van der Waals surface area contributed by atoms with Gasteiger partial charge in [-0.3, -0.25) is 4.79 Å². The summed E-state index contributed by atoms with van der Waals surface area (Å²) in [6.45, 7) is 10.7. The number of amides is 1. The molecular weight excluding hydrogens is 226 g/mol. The van der Waals surface area contributed by atoms with Crippen LogP contribution in [0.5, 0.6) is 0 Å². The van der Waals surface area contributed by atoms with Gasteiger partial charge >= 0.3 is 0 Å². The molecule has 0 aromatic carbocycles. The lowest BCUT2D eigenvalue weighted by molar-refractivity contribution is -0.134. The standard InChI is InChI=1S/C14H27N3O/c1-3-16(4-2)13-5-7-17(8-6-13)14(18)9-12-10-15-11-12/h12-13,15H,3-11H2,1-2H3. The number of piperidine rings is 1. The monoisotopic (exact) mass is 253 g/mol. The summed E-state index contributed by atoms with van der Waals surface area (Å²) in [6.07, 6.45) is 3.05. The van der Waals surface area contributed by atoms with Crippen molar-refractivity contribution in [2.45, 2.75) is 39.2 Å². The van der Waals surface area contributed by atoms with E-state index in [0.717, 1.165) is 58.5 Å². The van der Waals surface area contributed by atoms with Gasteiger partial charge in [0.25, 0.3) is 0 Å². The van der Waals surface area contributed by atoms with E-state index in [0.29, 0.717) is 17.9 Å². The molecular formula is C14H27N3O. The molecule has 0 unspecified atom stereocenters. The largest absolute Gasteiger partial charge is 0.343 e. The third-order valence-electron chi connectivity index (χ3n) is 4.48. The molecule has 4 nitrogen and oxygen atoms in total. The smallest absolute Gasteiger partial charge is 0.222 e. The highest BCUT2D eigenvalue weighted by atomic mass is 16.2. The lowest BCUT2D eigenvalue weighted by Crippen LogP contribution is -2.49. The molecule has 0 aliphatic carbocycles. The number of nitrogens with zero attached hydrogens (tertiary/aromatic N) is 2. The molecule has 2 heterocycles. The third kappa shape index (κ3) is 3.23. The molecule has 104 valence electrons. The number of carbonyl (C=O) groups is 1. The number of nitrogens with one attached hydrogen (secondary N) is 1. The molecule has 2 aliphatic rings. The Kier molecular flexibility index (Phi) is 5.01. The maximum Gasteiger partial charge on any atom is 0.222 e. The van der Waals surface area contributed by atoms with Crippen LogP contribution >= 0.6 is 0 Å². The fraction of sp³-hybridized carbons (Fsp3) is 0.929. The summed E-state index contributed by atoms with van der Waals surface area (Å²) < 4.78 is 0. The van der Waals surface area contributed by atoms with E-state index in [1.807, 2.05) is 0 Å². The normalized spacial score (nSPS) is 22.3. The molecule has 4 heteroatoms. The first kappa shape index (κ1) is 13.8. The van der Waals surface area contributed by atoms with E-state index < -0.39 is 0 Å². The van der Waals surface area contributed by atoms with Crippen LogP contribution in [0, 0.1) is 5.92 Å². The second kappa shape index (κ2) is 6.53. The van der Waals surface area contributed by atoms with E-state index in [-0.39, 0.29) is 0 Å². The number of rotatable bonds is 5. The predicted octanol–water partition coefficient (Wildman–Crippen LogP) is 0.929. The van der Waals surface area contributed by atoms with E-state index in [1.54, 1.807) is 0 Å². The molecule has 0 bridgehead atoms. The minimum atomic E-state index is 0.375. The highest BCUT2D eigenvalue weighted by Crippen LogP contribution is 2.18. The summed E-state index contributed by atoms with van der Waals surface area (Å²) in [4.78, 5) is 16.7. The Morgan fingerprint density at radius 2 is 1.83 bits per heavy atom. The van der Waals surface area contributed by atoms with Crippen molar-refractivity contribution in [3.63, 3.8) is 0 Å². The fourth-order valence-electron chi connectivity index (χ4n) is 3.09. The zero-order valence-electron chi connectivity index (χ0n) is 11.8.